The molecular weight excluding hydrogens is 196 g/mol. The highest BCUT2D eigenvalue weighted by atomic mass is 15.2. The van der Waals surface area contributed by atoms with Crippen LogP contribution in [0.3, 0.4) is 0 Å². The van der Waals surface area contributed by atoms with Gasteiger partial charge >= 0.3 is 0 Å². The van der Waals surface area contributed by atoms with Crippen LogP contribution in [0.5, 0.6) is 0 Å². The van der Waals surface area contributed by atoms with Crippen molar-refractivity contribution in [2.75, 3.05) is 13.1 Å². The van der Waals surface area contributed by atoms with E-state index in [0.29, 0.717) is 17.5 Å². The first-order valence-corrected chi connectivity index (χ1v) is 6.26. The van der Waals surface area contributed by atoms with Crippen LogP contribution in [0.1, 0.15) is 31.4 Å². The minimum absolute atomic E-state index is 0.402. The molecule has 0 unspecified atom stereocenters. The van der Waals surface area contributed by atoms with Gasteiger partial charge in [0, 0.05) is 25.2 Å². The lowest BCUT2D eigenvalue weighted by atomic mass is 10.0. The highest BCUT2D eigenvalue weighted by Crippen LogP contribution is 2.53. The molecular formula is C14H20N2. The standard InChI is InChI=1S/C14H20N2/c1-11(12-5-3-2-4-6-12)16-9-13(15)14(10-16)7-8-14/h2-6,11,13H,7-10,15H2,1H3/t11-,13+/m1/s1. The van der Waals surface area contributed by atoms with E-state index in [9.17, 15) is 0 Å². The quantitative estimate of drug-likeness (QED) is 0.821. The lowest BCUT2D eigenvalue weighted by Gasteiger charge is -2.24. The Bertz CT molecular complexity index is 370. The number of likely N-dealkylation sites (tertiary alicyclic amines) is 1. The molecule has 1 aromatic rings. The van der Waals surface area contributed by atoms with Crippen molar-refractivity contribution in [1.82, 2.24) is 4.90 Å². The van der Waals surface area contributed by atoms with E-state index in [4.69, 9.17) is 5.73 Å². The van der Waals surface area contributed by atoms with Crippen LogP contribution in [-0.2, 0) is 0 Å². The first-order chi connectivity index (χ1) is 7.71. The van der Waals surface area contributed by atoms with Gasteiger partial charge in [-0.25, -0.2) is 0 Å². The average molecular weight is 216 g/mol. The minimum Gasteiger partial charge on any atom is -0.326 e. The van der Waals surface area contributed by atoms with E-state index in [1.165, 1.54) is 24.9 Å². The molecule has 0 amide bonds. The Morgan fingerprint density at radius 1 is 1.31 bits per heavy atom. The van der Waals surface area contributed by atoms with Crippen LogP contribution >= 0.6 is 0 Å². The van der Waals surface area contributed by atoms with Crippen LogP contribution in [0, 0.1) is 5.41 Å². The van der Waals surface area contributed by atoms with Crippen LogP contribution < -0.4 is 5.73 Å². The Hall–Kier alpha value is -0.860. The highest BCUT2D eigenvalue weighted by Gasteiger charge is 2.54. The Kier molecular flexibility index (Phi) is 2.30. The van der Waals surface area contributed by atoms with E-state index in [1.807, 2.05) is 0 Å². The molecule has 2 N–H and O–H groups in total. The van der Waals surface area contributed by atoms with Gasteiger partial charge in [-0.3, -0.25) is 4.90 Å². The normalized spacial score (nSPS) is 29.5. The maximum Gasteiger partial charge on any atom is 0.0320 e. The third kappa shape index (κ3) is 1.57. The minimum atomic E-state index is 0.402. The van der Waals surface area contributed by atoms with Crippen LogP contribution in [0.15, 0.2) is 30.3 Å². The van der Waals surface area contributed by atoms with Gasteiger partial charge in [0.15, 0.2) is 0 Å². The monoisotopic (exact) mass is 216 g/mol. The molecule has 2 heteroatoms. The summed E-state index contributed by atoms with van der Waals surface area (Å²) in [7, 11) is 0. The van der Waals surface area contributed by atoms with Gasteiger partial charge in [-0.2, -0.15) is 0 Å². The molecule has 2 fully saturated rings. The summed E-state index contributed by atoms with van der Waals surface area (Å²) >= 11 is 0. The first-order valence-electron chi connectivity index (χ1n) is 6.26. The zero-order valence-corrected chi connectivity index (χ0v) is 9.89. The fourth-order valence-electron chi connectivity index (χ4n) is 2.96. The van der Waals surface area contributed by atoms with Gasteiger partial charge in [0.1, 0.15) is 0 Å². The largest absolute Gasteiger partial charge is 0.326 e. The number of rotatable bonds is 2. The molecule has 3 rings (SSSR count). The molecule has 1 saturated heterocycles. The molecule has 1 aliphatic carbocycles. The zero-order chi connectivity index (χ0) is 11.2. The van der Waals surface area contributed by atoms with E-state index < -0.39 is 0 Å². The van der Waals surface area contributed by atoms with E-state index in [2.05, 4.69) is 42.2 Å². The molecule has 1 saturated carbocycles. The summed E-state index contributed by atoms with van der Waals surface area (Å²) in [5, 5.41) is 0. The Morgan fingerprint density at radius 3 is 2.56 bits per heavy atom. The lowest BCUT2D eigenvalue weighted by Crippen LogP contribution is -2.31. The Balaban J connectivity index is 1.75. The number of nitrogens with two attached hydrogens (primary N) is 1. The van der Waals surface area contributed by atoms with Crippen LogP contribution in [0.4, 0.5) is 0 Å². The SMILES string of the molecule is C[C@H](c1ccccc1)N1C[C@H](N)C2(CC2)C1. The van der Waals surface area contributed by atoms with Crippen LogP contribution in [-0.4, -0.2) is 24.0 Å². The first kappa shape index (κ1) is 10.3. The molecule has 2 nitrogen and oxygen atoms in total. The van der Waals surface area contributed by atoms with Crippen molar-refractivity contribution in [3.05, 3.63) is 35.9 Å². The second kappa shape index (κ2) is 3.57. The summed E-state index contributed by atoms with van der Waals surface area (Å²) in [6.07, 6.45) is 2.68. The fraction of sp³-hybridized carbons (Fsp3) is 0.571. The molecule has 1 heterocycles. The van der Waals surface area contributed by atoms with Gasteiger partial charge in [-0.05, 0) is 30.7 Å². The van der Waals surface area contributed by atoms with Gasteiger partial charge < -0.3 is 5.73 Å². The molecule has 16 heavy (non-hydrogen) atoms. The van der Waals surface area contributed by atoms with Gasteiger partial charge in [0.25, 0.3) is 0 Å². The van der Waals surface area contributed by atoms with Crippen LogP contribution in [0.2, 0.25) is 0 Å². The van der Waals surface area contributed by atoms with Gasteiger partial charge in [0.2, 0.25) is 0 Å². The molecule has 1 spiro atoms. The van der Waals surface area contributed by atoms with E-state index in [-0.39, 0.29) is 0 Å². The van der Waals surface area contributed by atoms with Crippen molar-refractivity contribution in [2.24, 2.45) is 11.1 Å². The van der Waals surface area contributed by atoms with Crippen molar-refractivity contribution in [1.29, 1.82) is 0 Å². The summed E-state index contributed by atoms with van der Waals surface area (Å²) in [4.78, 5) is 2.55. The van der Waals surface area contributed by atoms with E-state index in [0.717, 1.165) is 6.54 Å². The maximum atomic E-state index is 6.24. The topological polar surface area (TPSA) is 29.3 Å². The Morgan fingerprint density at radius 2 is 2.00 bits per heavy atom. The second-order valence-corrected chi connectivity index (χ2v) is 5.48. The van der Waals surface area contributed by atoms with Crippen LogP contribution in [0.25, 0.3) is 0 Å². The molecule has 1 aromatic carbocycles. The van der Waals surface area contributed by atoms with Crippen molar-refractivity contribution in [3.63, 3.8) is 0 Å². The van der Waals surface area contributed by atoms with Crippen molar-refractivity contribution >= 4 is 0 Å². The number of nitrogens with zero attached hydrogens (tertiary/aromatic N) is 1. The molecule has 0 aromatic heterocycles. The number of benzene rings is 1. The molecule has 2 aliphatic rings. The predicted molar refractivity (Wildman–Crippen MR) is 66.1 cm³/mol. The number of hydrogen-bond donors (Lipinski definition) is 1. The van der Waals surface area contributed by atoms with E-state index in [1.54, 1.807) is 0 Å². The van der Waals surface area contributed by atoms with E-state index >= 15 is 0 Å². The predicted octanol–water partition coefficient (Wildman–Crippen LogP) is 2.17. The maximum absolute atomic E-state index is 6.24. The summed E-state index contributed by atoms with van der Waals surface area (Å²) in [6, 6.07) is 11.7. The fourth-order valence-corrected chi connectivity index (χ4v) is 2.96. The summed E-state index contributed by atoms with van der Waals surface area (Å²) < 4.78 is 0. The summed E-state index contributed by atoms with van der Waals surface area (Å²) in [5.74, 6) is 0. The zero-order valence-electron chi connectivity index (χ0n) is 9.89. The molecule has 2 atom stereocenters. The second-order valence-electron chi connectivity index (χ2n) is 5.48. The number of hydrogen-bond acceptors (Lipinski definition) is 2. The molecule has 86 valence electrons. The van der Waals surface area contributed by atoms with Gasteiger partial charge in [-0.1, -0.05) is 30.3 Å². The highest BCUT2D eigenvalue weighted by molar-refractivity contribution is 5.20. The average Bonchev–Trinajstić information content (AvgIpc) is 3.01. The molecule has 0 radical (unpaired) electrons. The van der Waals surface area contributed by atoms with Crippen molar-refractivity contribution in [3.8, 4) is 0 Å². The lowest BCUT2D eigenvalue weighted by molar-refractivity contribution is 0.249. The van der Waals surface area contributed by atoms with Crippen molar-refractivity contribution in [2.45, 2.75) is 31.8 Å². The smallest absolute Gasteiger partial charge is 0.0320 e. The third-order valence-corrected chi connectivity index (χ3v) is 4.46. The van der Waals surface area contributed by atoms with Crippen molar-refractivity contribution < 1.29 is 0 Å². The molecule has 0 bridgehead atoms. The van der Waals surface area contributed by atoms with Gasteiger partial charge in [-0.15, -0.1) is 0 Å². The third-order valence-electron chi connectivity index (χ3n) is 4.46. The summed E-state index contributed by atoms with van der Waals surface area (Å²) in [5.41, 5.74) is 8.14. The van der Waals surface area contributed by atoms with Gasteiger partial charge in [0.05, 0.1) is 0 Å². The summed E-state index contributed by atoms with van der Waals surface area (Å²) in [6.45, 7) is 4.56. The Labute approximate surface area is 97.4 Å². The molecule has 1 aliphatic heterocycles.